The maximum atomic E-state index is 11.7. The number of carboxylic acid groups (broad SMARTS) is 1. The zero-order valence-electron chi connectivity index (χ0n) is 21.4. The van der Waals surface area contributed by atoms with Crippen molar-refractivity contribution >= 4 is 40.7 Å². The number of nitrogens with one attached hydrogen (secondary N) is 1. The summed E-state index contributed by atoms with van der Waals surface area (Å²) in [5.41, 5.74) is 2.83. The Labute approximate surface area is 233 Å². The van der Waals surface area contributed by atoms with Gasteiger partial charge in [-0.2, -0.15) is 0 Å². The number of anilines is 2. The molecule has 9 heteroatoms. The van der Waals surface area contributed by atoms with Gasteiger partial charge in [0, 0.05) is 54.0 Å². The number of carbonyl (C=O) groups is 1. The standard InChI is InChI=1S/C29H34ClN3O4S/c1-37-24-11-8-21(9-12-24)28(27(34)29(35)36)38-26-20-22(30)10-13-25(26)31-14-5-15-32-16-18-33(19-17-32)23-6-3-2-4-7-23/h2-4,6-13,20,27-28,31,34H,5,14-19H2,1H3,(H,35,36). The third-order valence-electron chi connectivity index (χ3n) is 6.64. The average Bonchev–Trinajstić information content (AvgIpc) is 2.95. The number of rotatable bonds is 12. The van der Waals surface area contributed by atoms with Gasteiger partial charge < -0.3 is 25.2 Å². The summed E-state index contributed by atoms with van der Waals surface area (Å²) < 4.78 is 5.22. The highest BCUT2D eigenvalue weighted by Crippen LogP contribution is 2.42. The number of para-hydroxylation sites is 1. The van der Waals surface area contributed by atoms with Crippen molar-refractivity contribution in [2.24, 2.45) is 0 Å². The Balaban J connectivity index is 1.34. The second-order valence-corrected chi connectivity index (χ2v) is 10.8. The number of hydrogen-bond donors (Lipinski definition) is 3. The van der Waals surface area contributed by atoms with Crippen molar-refractivity contribution < 1.29 is 19.7 Å². The summed E-state index contributed by atoms with van der Waals surface area (Å²) in [5.74, 6) is -0.615. The van der Waals surface area contributed by atoms with E-state index < -0.39 is 17.3 Å². The van der Waals surface area contributed by atoms with Crippen molar-refractivity contribution in [3.05, 3.63) is 83.4 Å². The summed E-state index contributed by atoms with van der Waals surface area (Å²) in [7, 11) is 1.57. The number of thioether (sulfide) groups is 1. The van der Waals surface area contributed by atoms with Crippen molar-refractivity contribution in [2.45, 2.75) is 22.7 Å². The molecule has 1 heterocycles. The second kappa shape index (κ2) is 13.8. The third-order valence-corrected chi connectivity index (χ3v) is 8.25. The van der Waals surface area contributed by atoms with Crippen LogP contribution in [0, 0.1) is 0 Å². The molecule has 0 aliphatic carbocycles. The van der Waals surface area contributed by atoms with E-state index in [-0.39, 0.29) is 0 Å². The quantitative estimate of drug-likeness (QED) is 0.206. The smallest absolute Gasteiger partial charge is 0.334 e. The summed E-state index contributed by atoms with van der Waals surface area (Å²) >= 11 is 7.58. The van der Waals surface area contributed by atoms with Gasteiger partial charge in [-0.25, -0.2) is 4.79 Å². The summed E-state index contributed by atoms with van der Waals surface area (Å²) in [6.07, 6.45) is -0.618. The Bertz CT molecular complexity index is 1170. The molecule has 3 aromatic carbocycles. The topological polar surface area (TPSA) is 85.3 Å². The van der Waals surface area contributed by atoms with Gasteiger partial charge in [0.25, 0.3) is 0 Å². The van der Waals surface area contributed by atoms with Crippen molar-refractivity contribution in [3.63, 3.8) is 0 Å². The molecule has 4 rings (SSSR count). The third kappa shape index (κ3) is 7.57. The van der Waals surface area contributed by atoms with Crippen LogP contribution in [0.5, 0.6) is 5.75 Å². The lowest BCUT2D eigenvalue weighted by atomic mass is 10.1. The number of piperazine rings is 1. The molecule has 1 fully saturated rings. The van der Waals surface area contributed by atoms with Gasteiger partial charge >= 0.3 is 5.97 Å². The monoisotopic (exact) mass is 555 g/mol. The Kier molecular flexibility index (Phi) is 10.2. The highest BCUT2D eigenvalue weighted by molar-refractivity contribution is 7.99. The van der Waals surface area contributed by atoms with E-state index in [9.17, 15) is 15.0 Å². The van der Waals surface area contributed by atoms with Crippen molar-refractivity contribution in [2.75, 3.05) is 56.6 Å². The first-order valence-corrected chi connectivity index (χ1v) is 14.0. The number of carboxylic acids is 1. The minimum Gasteiger partial charge on any atom is -0.497 e. The Morgan fingerprint density at radius 3 is 2.42 bits per heavy atom. The van der Waals surface area contributed by atoms with Crippen molar-refractivity contribution in [1.82, 2.24) is 4.90 Å². The maximum absolute atomic E-state index is 11.7. The lowest BCUT2D eigenvalue weighted by molar-refractivity contribution is -0.146. The van der Waals surface area contributed by atoms with E-state index in [0.29, 0.717) is 16.3 Å². The summed E-state index contributed by atoms with van der Waals surface area (Å²) in [5, 5.41) is 23.4. The first kappa shape index (κ1) is 28.1. The number of nitrogens with zero attached hydrogens (tertiary/aromatic N) is 2. The fraction of sp³-hybridized carbons (Fsp3) is 0.345. The molecular formula is C29H34ClN3O4S. The first-order valence-electron chi connectivity index (χ1n) is 12.7. The van der Waals surface area contributed by atoms with Crippen LogP contribution in [0.3, 0.4) is 0 Å². The van der Waals surface area contributed by atoms with Crippen LogP contribution >= 0.6 is 23.4 Å². The van der Waals surface area contributed by atoms with Crippen LogP contribution in [-0.4, -0.2) is 73.6 Å². The van der Waals surface area contributed by atoms with Gasteiger partial charge in [0.2, 0.25) is 0 Å². The number of aliphatic hydroxyl groups excluding tert-OH is 1. The highest BCUT2D eigenvalue weighted by Gasteiger charge is 2.29. The molecule has 1 aliphatic heterocycles. The van der Waals surface area contributed by atoms with E-state index in [1.807, 2.05) is 24.3 Å². The van der Waals surface area contributed by atoms with Crippen LogP contribution in [0.15, 0.2) is 77.7 Å². The molecule has 202 valence electrons. The van der Waals surface area contributed by atoms with Gasteiger partial charge in [0.1, 0.15) is 5.75 Å². The Hall–Kier alpha value is -2.91. The molecule has 0 bridgehead atoms. The molecule has 1 aliphatic rings. The van der Waals surface area contributed by atoms with Gasteiger partial charge in [-0.15, -0.1) is 11.8 Å². The van der Waals surface area contributed by atoms with E-state index in [1.54, 1.807) is 31.4 Å². The largest absolute Gasteiger partial charge is 0.497 e. The van der Waals surface area contributed by atoms with Gasteiger partial charge in [0.05, 0.1) is 12.4 Å². The fourth-order valence-corrected chi connectivity index (χ4v) is 6.02. The molecule has 3 N–H and O–H groups in total. The second-order valence-electron chi connectivity index (χ2n) is 9.18. The van der Waals surface area contributed by atoms with Crippen molar-refractivity contribution in [3.8, 4) is 5.75 Å². The van der Waals surface area contributed by atoms with Crippen LogP contribution in [0.25, 0.3) is 0 Å². The summed E-state index contributed by atoms with van der Waals surface area (Å²) in [6.45, 7) is 5.88. The number of benzene rings is 3. The summed E-state index contributed by atoms with van der Waals surface area (Å²) in [4.78, 5) is 17.4. The number of aliphatic hydroxyl groups is 1. The predicted octanol–water partition coefficient (Wildman–Crippen LogP) is 5.25. The molecule has 2 unspecified atom stereocenters. The van der Waals surface area contributed by atoms with Gasteiger partial charge in [-0.05, 0) is 61.0 Å². The molecule has 0 amide bonds. The molecular weight excluding hydrogens is 522 g/mol. The zero-order valence-corrected chi connectivity index (χ0v) is 23.0. The molecule has 3 aromatic rings. The normalized spacial score (nSPS) is 15.6. The fourth-order valence-electron chi connectivity index (χ4n) is 4.51. The van der Waals surface area contributed by atoms with Gasteiger partial charge in [-0.1, -0.05) is 41.9 Å². The van der Waals surface area contributed by atoms with E-state index in [1.165, 1.54) is 17.4 Å². The minimum absolute atomic E-state index is 0.549. The van der Waals surface area contributed by atoms with E-state index in [4.69, 9.17) is 16.3 Å². The van der Waals surface area contributed by atoms with Crippen LogP contribution in [0.4, 0.5) is 11.4 Å². The minimum atomic E-state index is -1.59. The highest BCUT2D eigenvalue weighted by atomic mass is 35.5. The molecule has 7 nitrogen and oxygen atoms in total. The predicted molar refractivity (Wildman–Crippen MR) is 155 cm³/mol. The first-order chi connectivity index (χ1) is 18.4. The number of hydrogen-bond acceptors (Lipinski definition) is 7. The molecule has 1 saturated heterocycles. The average molecular weight is 556 g/mol. The molecule has 0 saturated carbocycles. The Morgan fingerprint density at radius 2 is 1.76 bits per heavy atom. The Morgan fingerprint density at radius 1 is 1.05 bits per heavy atom. The molecule has 0 radical (unpaired) electrons. The van der Waals surface area contributed by atoms with Crippen LogP contribution in [0.1, 0.15) is 17.2 Å². The van der Waals surface area contributed by atoms with Crippen LogP contribution in [0.2, 0.25) is 5.02 Å². The van der Waals surface area contributed by atoms with E-state index in [2.05, 4.69) is 39.4 Å². The van der Waals surface area contributed by atoms with Gasteiger partial charge in [-0.3, -0.25) is 4.90 Å². The van der Waals surface area contributed by atoms with Gasteiger partial charge in [0.15, 0.2) is 6.10 Å². The molecule has 0 aromatic heterocycles. The van der Waals surface area contributed by atoms with Crippen LogP contribution < -0.4 is 15.0 Å². The van der Waals surface area contributed by atoms with Crippen molar-refractivity contribution in [1.29, 1.82) is 0 Å². The maximum Gasteiger partial charge on any atom is 0.334 e. The van der Waals surface area contributed by atoms with Crippen LogP contribution in [-0.2, 0) is 4.79 Å². The van der Waals surface area contributed by atoms with E-state index >= 15 is 0 Å². The molecule has 38 heavy (non-hydrogen) atoms. The zero-order chi connectivity index (χ0) is 26.9. The van der Waals surface area contributed by atoms with E-state index in [0.717, 1.165) is 56.3 Å². The summed E-state index contributed by atoms with van der Waals surface area (Å²) in [6, 6.07) is 23.1. The number of ether oxygens (including phenoxy) is 1. The molecule has 2 atom stereocenters. The number of methoxy groups -OCH3 is 1. The SMILES string of the molecule is COc1ccc(C(Sc2cc(Cl)ccc2NCCCN2CCN(c3ccccc3)CC2)C(O)C(=O)O)cc1. The number of aliphatic carboxylic acids is 1. The lowest BCUT2D eigenvalue weighted by Crippen LogP contribution is -2.46. The molecule has 0 spiro atoms. The number of halogens is 1. The lowest BCUT2D eigenvalue weighted by Gasteiger charge is -2.36.